The number of rotatable bonds is 3. The summed E-state index contributed by atoms with van der Waals surface area (Å²) in [5.41, 5.74) is 0. The molecule has 6 heteroatoms. The minimum Gasteiger partial charge on any atom is -0.367 e. The minimum absolute atomic E-state index is 0.485. The molecule has 0 radical (unpaired) electrons. The third-order valence-electron chi connectivity index (χ3n) is 4.29. The summed E-state index contributed by atoms with van der Waals surface area (Å²) in [4.78, 5) is 13.9. The van der Waals surface area contributed by atoms with Crippen LogP contribution in [0.3, 0.4) is 0 Å². The number of aromatic nitrogens is 2. The SMILES string of the molecule is CNc1nc(NC2CCN(C)C(C)C2)c2cc(C)sc2n1. The number of nitrogens with zero attached hydrogens (tertiary/aromatic N) is 3. The monoisotopic (exact) mass is 305 g/mol. The first-order valence-corrected chi connectivity index (χ1v) is 8.31. The molecule has 1 fully saturated rings. The Kier molecular flexibility index (Phi) is 3.99. The van der Waals surface area contributed by atoms with Crippen LogP contribution in [0.5, 0.6) is 0 Å². The number of nitrogens with one attached hydrogen (secondary N) is 2. The van der Waals surface area contributed by atoms with E-state index in [0.717, 1.165) is 35.4 Å². The van der Waals surface area contributed by atoms with Crippen LogP contribution in [0.15, 0.2) is 6.07 Å². The zero-order valence-corrected chi connectivity index (χ0v) is 13.9. The summed E-state index contributed by atoms with van der Waals surface area (Å²) in [6.07, 6.45) is 2.31. The molecule has 1 aliphatic heterocycles. The van der Waals surface area contributed by atoms with Gasteiger partial charge in [0.2, 0.25) is 5.95 Å². The molecule has 1 aliphatic rings. The zero-order valence-electron chi connectivity index (χ0n) is 13.1. The molecule has 2 N–H and O–H groups in total. The van der Waals surface area contributed by atoms with Gasteiger partial charge in [0.05, 0.1) is 5.39 Å². The van der Waals surface area contributed by atoms with Crippen LogP contribution in [0.25, 0.3) is 10.2 Å². The van der Waals surface area contributed by atoms with Crippen molar-refractivity contribution in [3.05, 3.63) is 10.9 Å². The van der Waals surface area contributed by atoms with E-state index in [2.05, 4.69) is 52.5 Å². The molecule has 2 aromatic heterocycles. The number of thiophene rings is 1. The van der Waals surface area contributed by atoms with Gasteiger partial charge in [-0.15, -0.1) is 11.3 Å². The molecule has 2 aromatic rings. The van der Waals surface area contributed by atoms with E-state index >= 15 is 0 Å². The van der Waals surface area contributed by atoms with Crippen LogP contribution in [-0.4, -0.2) is 47.6 Å². The summed E-state index contributed by atoms with van der Waals surface area (Å²) in [5.74, 6) is 1.66. The third kappa shape index (κ3) is 2.96. The van der Waals surface area contributed by atoms with Crippen molar-refractivity contribution in [3.63, 3.8) is 0 Å². The third-order valence-corrected chi connectivity index (χ3v) is 5.23. The van der Waals surface area contributed by atoms with Crippen LogP contribution in [0, 0.1) is 6.92 Å². The number of piperidine rings is 1. The van der Waals surface area contributed by atoms with Crippen LogP contribution >= 0.6 is 11.3 Å². The van der Waals surface area contributed by atoms with Crippen molar-refractivity contribution in [2.24, 2.45) is 0 Å². The summed E-state index contributed by atoms with van der Waals surface area (Å²) in [5, 5.41) is 7.85. The summed E-state index contributed by atoms with van der Waals surface area (Å²) in [7, 11) is 4.06. The molecule has 0 saturated carbocycles. The molecule has 114 valence electrons. The number of hydrogen-bond acceptors (Lipinski definition) is 6. The molecule has 5 nitrogen and oxygen atoms in total. The Hall–Kier alpha value is -1.40. The van der Waals surface area contributed by atoms with Gasteiger partial charge in [0.1, 0.15) is 10.6 Å². The van der Waals surface area contributed by atoms with Gasteiger partial charge in [-0.2, -0.15) is 4.98 Å². The summed E-state index contributed by atoms with van der Waals surface area (Å²) in [6, 6.07) is 3.28. The Labute approximate surface area is 129 Å². The molecule has 2 atom stereocenters. The number of anilines is 2. The van der Waals surface area contributed by atoms with E-state index < -0.39 is 0 Å². The average molecular weight is 305 g/mol. The lowest BCUT2D eigenvalue weighted by Crippen LogP contribution is -2.42. The Morgan fingerprint density at radius 1 is 1.38 bits per heavy atom. The smallest absolute Gasteiger partial charge is 0.225 e. The number of hydrogen-bond donors (Lipinski definition) is 2. The highest BCUT2D eigenvalue weighted by Crippen LogP contribution is 2.31. The van der Waals surface area contributed by atoms with Gasteiger partial charge in [-0.1, -0.05) is 0 Å². The molecule has 3 rings (SSSR count). The van der Waals surface area contributed by atoms with Gasteiger partial charge in [0, 0.05) is 30.6 Å². The molecular weight excluding hydrogens is 282 g/mol. The molecule has 1 saturated heterocycles. The topological polar surface area (TPSA) is 53.1 Å². The van der Waals surface area contributed by atoms with E-state index in [1.54, 1.807) is 11.3 Å². The Balaban J connectivity index is 1.89. The highest BCUT2D eigenvalue weighted by atomic mass is 32.1. The van der Waals surface area contributed by atoms with E-state index in [1.807, 2.05) is 7.05 Å². The Bertz CT molecular complexity index is 638. The molecule has 0 bridgehead atoms. The lowest BCUT2D eigenvalue weighted by atomic mass is 9.99. The molecular formula is C15H23N5S. The van der Waals surface area contributed by atoms with Gasteiger partial charge < -0.3 is 15.5 Å². The number of likely N-dealkylation sites (tertiary alicyclic amines) is 1. The summed E-state index contributed by atoms with van der Waals surface area (Å²) < 4.78 is 0. The van der Waals surface area contributed by atoms with Gasteiger partial charge in [-0.05, 0) is 39.8 Å². The van der Waals surface area contributed by atoms with Crippen LogP contribution in [0.1, 0.15) is 24.6 Å². The quantitative estimate of drug-likeness (QED) is 0.913. The van der Waals surface area contributed by atoms with Gasteiger partial charge in [0.25, 0.3) is 0 Å². The predicted molar refractivity (Wildman–Crippen MR) is 90.4 cm³/mol. The van der Waals surface area contributed by atoms with E-state index in [1.165, 1.54) is 4.88 Å². The van der Waals surface area contributed by atoms with Crippen LogP contribution in [-0.2, 0) is 0 Å². The fourth-order valence-corrected chi connectivity index (χ4v) is 3.76. The normalized spacial score (nSPS) is 23.4. The average Bonchev–Trinajstić information content (AvgIpc) is 2.83. The van der Waals surface area contributed by atoms with E-state index in [0.29, 0.717) is 18.0 Å². The minimum atomic E-state index is 0.485. The van der Waals surface area contributed by atoms with Crippen LogP contribution in [0.4, 0.5) is 11.8 Å². The maximum absolute atomic E-state index is 4.63. The molecule has 21 heavy (non-hydrogen) atoms. The molecule has 0 aromatic carbocycles. The van der Waals surface area contributed by atoms with Crippen molar-refractivity contribution in [2.75, 3.05) is 31.3 Å². The fraction of sp³-hybridized carbons (Fsp3) is 0.600. The molecule has 2 unspecified atom stereocenters. The van der Waals surface area contributed by atoms with Gasteiger partial charge in [-0.25, -0.2) is 4.98 Å². The second kappa shape index (κ2) is 5.77. The van der Waals surface area contributed by atoms with Crippen molar-refractivity contribution in [3.8, 4) is 0 Å². The second-order valence-electron chi connectivity index (χ2n) is 5.92. The maximum atomic E-state index is 4.63. The lowest BCUT2D eigenvalue weighted by Gasteiger charge is -2.35. The van der Waals surface area contributed by atoms with Crippen molar-refractivity contribution >= 4 is 33.3 Å². The molecule has 3 heterocycles. The van der Waals surface area contributed by atoms with Crippen molar-refractivity contribution in [1.29, 1.82) is 0 Å². The lowest BCUT2D eigenvalue weighted by molar-refractivity contribution is 0.190. The van der Waals surface area contributed by atoms with Crippen LogP contribution in [0.2, 0.25) is 0 Å². The first kappa shape index (κ1) is 14.5. The standard InChI is InChI=1S/C15H23N5S/c1-9-7-11(5-6-20(9)4)17-13-12-8-10(2)21-14(12)19-15(16-3)18-13/h8-9,11H,5-7H2,1-4H3,(H2,16,17,18,19). The first-order valence-electron chi connectivity index (χ1n) is 7.49. The molecule has 0 amide bonds. The van der Waals surface area contributed by atoms with Gasteiger partial charge in [0.15, 0.2) is 0 Å². The zero-order chi connectivity index (χ0) is 15.0. The largest absolute Gasteiger partial charge is 0.367 e. The summed E-state index contributed by atoms with van der Waals surface area (Å²) in [6.45, 7) is 5.54. The van der Waals surface area contributed by atoms with Gasteiger partial charge in [-0.3, -0.25) is 0 Å². The van der Waals surface area contributed by atoms with Crippen molar-refractivity contribution in [2.45, 2.75) is 38.8 Å². The highest BCUT2D eigenvalue weighted by molar-refractivity contribution is 7.18. The summed E-state index contributed by atoms with van der Waals surface area (Å²) >= 11 is 1.72. The highest BCUT2D eigenvalue weighted by Gasteiger charge is 2.23. The maximum Gasteiger partial charge on any atom is 0.225 e. The molecule has 0 spiro atoms. The van der Waals surface area contributed by atoms with Crippen molar-refractivity contribution in [1.82, 2.24) is 14.9 Å². The second-order valence-corrected chi connectivity index (χ2v) is 7.15. The fourth-order valence-electron chi connectivity index (χ4n) is 2.88. The Morgan fingerprint density at radius 2 is 2.19 bits per heavy atom. The van der Waals surface area contributed by atoms with Crippen molar-refractivity contribution < 1.29 is 0 Å². The van der Waals surface area contributed by atoms with E-state index in [9.17, 15) is 0 Å². The Morgan fingerprint density at radius 3 is 2.90 bits per heavy atom. The predicted octanol–water partition coefficient (Wildman–Crippen LogP) is 2.94. The van der Waals surface area contributed by atoms with Gasteiger partial charge >= 0.3 is 0 Å². The first-order chi connectivity index (χ1) is 10.1. The van der Waals surface area contributed by atoms with E-state index in [-0.39, 0.29) is 0 Å². The number of fused-ring (bicyclic) bond motifs is 1. The molecule has 0 aliphatic carbocycles. The van der Waals surface area contributed by atoms with E-state index in [4.69, 9.17) is 0 Å². The number of aryl methyl sites for hydroxylation is 1. The van der Waals surface area contributed by atoms with Crippen LogP contribution < -0.4 is 10.6 Å².